The minimum atomic E-state index is -1.15. The van der Waals surface area contributed by atoms with Gasteiger partial charge < -0.3 is 19.5 Å². The van der Waals surface area contributed by atoms with Gasteiger partial charge in [-0.1, -0.05) is 6.07 Å². The Bertz CT molecular complexity index is 412. The molecular formula is C10H13NO5. The fourth-order valence-corrected chi connectivity index (χ4v) is 1.26. The lowest BCUT2D eigenvalue weighted by Crippen LogP contribution is -2.27. The van der Waals surface area contributed by atoms with Gasteiger partial charge in [-0.25, -0.2) is 4.79 Å². The summed E-state index contributed by atoms with van der Waals surface area (Å²) < 4.78 is 6.10. The van der Waals surface area contributed by atoms with Crippen LogP contribution >= 0.6 is 0 Å². The van der Waals surface area contributed by atoms with E-state index in [-0.39, 0.29) is 37.6 Å². The minimum absolute atomic E-state index is 0.0694. The van der Waals surface area contributed by atoms with Gasteiger partial charge in [-0.3, -0.25) is 4.79 Å². The van der Waals surface area contributed by atoms with E-state index in [4.69, 9.17) is 14.9 Å². The highest BCUT2D eigenvalue weighted by Crippen LogP contribution is 1.96. The molecule has 0 aliphatic rings. The smallest absolute Gasteiger partial charge is 0.352 e. The van der Waals surface area contributed by atoms with Crippen molar-refractivity contribution in [2.75, 3.05) is 19.8 Å². The van der Waals surface area contributed by atoms with Crippen LogP contribution in [0.25, 0.3) is 0 Å². The topological polar surface area (TPSA) is 88.8 Å². The Morgan fingerprint density at radius 3 is 2.75 bits per heavy atom. The van der Waals surface area contributed by atoms with Crippen LogP contribution in [-0.2, 0) is 11.3 Å². The molecular weight excluding hydrogens is 214 g/mol. The zero-order valence-electron chi connectivity index (χ0n) is 8.63. The molecule has 0 aliphatic heterocycles. The Labute approximate surface area is 91.7 Å². The molecule has 0 saturated carbocycles. The number of hydrogen-bond donors (Lipinski definition) is 2. The van der Waals surface area contributed by atoms with E-state index in [1.165, 1.54) is 18.2 Å². The van der Waals surface area contributed by atoms with Gasteiger partial charge in [-0.2, -0.15) is 0 Å². The van der Waals surface area contributed by atoms with Crippen LogP contribution in [0.5, 0.6) is 0 Å². The predicted octanol–water partition coefficient (Wildman–Crippen LogP) is -0.445. The molecule has 16 heavy (non-hydrogen) atoms. The molecule has 0 atom stereocenters. The summed E-state index contributed by atoms with van der Waals surface area (Å²) in [4.78, 5) is 22.2. The normalized spacial score (nSPS) is 10.3. The maximum Gasteiger partial charge on any atom is 0.352 e. The number of aliphatic hydroxyl groups excluding tert-OH is 1. The monoisotopic (exact) mass is 227 g/mol. The van der Waals surface area contributed by atoms with E-state index in [1.807, 2.05) is 0 Å². The van der Waals surface area contributed by atoms with Crippen molar-refractivity contribution in [2.24, 2.45) is 0 Å². The van der Waals surface area contributed by atoms with E-state index in [0.717, 1.165) is 4.57 Å². The molecule has 0 saturated heterocycles. The number of aromatic carboxylic acids is 1. The van der Waals surface area contributed by atoms with Crippen LogP contribution in [0.3, 0.4) is 0 Å². The number of rotatable bonds is 6. The standard InChI is InChI=1S/C10H13NO5/c12-5-7-16-6-4-11-8(10(14)15)2-1-3-9(11)13/h1-3,12H,4-7H2,(H,14,15). The fraction of sp³-hybridized carbons (Fsp3) is 0.400. The summed E-state index contributed by atoms with van der Waals surface area (Å²) in [7, 11) is 0. The lowest BCUT2D eigenvalue weighted by molar-refractivity contribution is 0.0668. The lowest BCUT2D eigenvalue weighted by Gasteiger charge is -2.09. The summed E-state index contributed by atoms with van der Waals surface area (Å²) in [6.45, 7) is 0.408. The second-order valence-electron chi connectivity index (χ2n) is 3.04. The average Bonchev–Trinajstić information content (AvgIpc) is 2.25. The first-order chi connectivity index (χ1) is 7.66. The Hall–Kier alpha value is -1.66. The maximum atomic E-state index is 11.4. The minimum Gasteiger partial charge on any atom is -0.477 e. The van der Waals surface area contributed by atoms with Crippen molar-refractivity contribution in [3.8, 4) is 0 Å². The van der Waals surface area contributed by atoms with Gasteiger partial charge in [0.05, 0.1) is 19.8 Å². The molecule has 1 aromatic heterocycles. The molecule has 0 aliphatic carbocycles. The van der Waals surface area contributed by atoms with E-state index >= 15 is 0 Å². The molecule has 0 fully saturated rings. The molecule has 6 nitrogen and oxygen atoms in total. The van der Waals surface area contributed by atoms with Crippen molar-refractivity contribution < 1.29 is 19.7 Å². The lowest BCUT2D eigenvalue weighted by atomic mass is 10.3. The van der Waals surface area contributed by atoms with Crippen molar-refractivity contribution in [2.45, 2.75) is 6.54 Å². The number of carbonyl (C=O) groups is 1. The van der Waals surface area contributed by atoms with Gasteiger partial charge >= 0.3 is 5.97 Å². The zero-order chi connectivity index (χ0) is 12.0. The fourth-order valence-electron chi connectivity index (χ4n) is 1.26. The van der Waals surface area contributed by atoms with Crippen molar-refractivity contribution in [1.82, 2.24) is 4.57 Å². The largest absolute Gasteiger partial charge is 0.477 e. The number of carboxylic acids is 1. The molecule has 0 amide bonds. The summed E-state index contributed by atoms with van der Waals surface area (Å²) in [6.07, 6.45) is 0. The first kappa shape index (κ1) is 12.4. The molecule has 0 radical (unpaired) electrons. The van der Waals surface area contributed by atoms with Crippen LogP contribution in [0.4, 0.5) is 0 Å². The van der Waals surface area contributed by atoms with Crippen LogP contribution in [0.1, 0.15) is 10.5 Å². The van der Waals surface area contributed by atoms with E-state index in [1.54, 1.807) is 0 Å². The summed E-state index contributed by atoms with van der Waals surface area (Å²) in [5.74, 6) is -1.15. The first-order valence-electron chi connectivity index (χ1n) is 4.78. The van der Waals surface area contributed by atoms with E-state index in [2.05, 4.69) is 0 Å². The average molecular weight is 227 g/mol. The number of aliphatic hydroxyl groups is 1. The van der Waals surface area contributed by atoms with Crippen LogP contribution in [0.2, 0.25) is 0 Å². The van der Waals surface area contributed by atoms with Gasteiger partial charge in [0.1, 0.15) is 5.69 Å². The van der Waals surface area contributed by atoms with Gasteiger partial charge in [0.25, 0.3) is 5.56 Å². The second-order valence-corrected chi connectivity index (χ2v) is 3.04. The number of hydrogen-bond acceptors (Lipinski definition) is 4. The number of nitrogens with zero attached hydrogens (tertiary/aromatic N) is 1. The van der Waals surface area contributed by atoms with Crippen LogP contribution in [0.15, 0.2) is 23.0 Å². The Morgan fingerprint density at radius 1 is 1.38 bits per heavy atom. The molecule has 0 bridgehead atoms. The molecule has 0 unspecified atom stereocenters. The zero-order valence-corrected chi connectivity index (χ0v) is 8.63. The van der Waals surface area contributed by atoms with E-state index in [0.29, 0.717) is 0 Å². The maximum absolute atomic E-state index is 11.4. The third kappa shape index (κ3) is 3.18. The third-order valence-electron chi connectivity index (χ3n) is 1.96. The quantitative estimate of drug-likeness (QED) is 0.643. The second kappa shape index (κ2) is 6.04. The predicted molar refractivity (Wildman–Crippen MR) is 55.6 cm³/mol. The van der Waals surface area contributed by atoms with Crippen LogP contribution in [-0.4, -0.2) is 40.6 Å². The molecule has 0 spiro atoms. The van der Waals surface area contributed by atoms with Crippen LogP contribution < -0.4 is 5.56 Å². The van der Waals surface area contributed by atoms with E-state index < -0.39 is 5.97 Å². The number of carboxylic acid groups (broad SMARTS) is 1. The SMILES string of the molecule is O=C(O)c1cccc(=O)n1CCOCCO. The number of ether oxygens (including phenoxy) is 1. The Balaban J connectivity index is 2.77. The first-order valence-corrected chi connectivity index (χ1v) is 4.78. The van der Waals surface area contributed by atoms with Gasteiger partial charge in [-0.15, -0.1) is 0 Å². The van der Waals surface area contributed by atoms with Gasteiger partial charge in [-0.05, 0) is 6.07 Å². The highest BCUT2D eigenvalue weighted by Gasteiger charge is 2.09. The van der Waals surface area contributed by atoms with Gasteiger partial charge in [0, 0.05) is 12.6 Å². The number of pyridine rings is 1. The summed E-state index contributed by atoms with van der Waals surface area (Å²) in [5.41, 5.74) is -0.451. The molecule has 1 heterocycles. The van der Waals surface area contributed by atoms with Crippen molar-refractivity contribution in [3.05, 3.63) is 34.2 Å². The van der Waals surface area contributed by atoms with Crippen molar-refractivity contribution in [1.29, 1.82) is 0 Å². The molecule has 6 heteroatoms. The highest BCUT2D eigenvalue weighted by atomic mass is 16.5. The number of aromatic nitrogens is 1. The van der Waals surface area contributed by atoms with Crippen molar-refractivity contribution >= 4 is 5.97 Å². The summed E-state index contributed by atoms with van der Waals surface area (Å²) in [5, 5.41) is 17.3. The van der Waals surface area contributed by atoms with Gasteiger partial charge in [0.15, 0.2) is 0 Å². The van der Waals surface area contributed by atoms with Gasteiger partial charge in [0.2, 0.25) is 0 Å². The molecule has 1 rings (SSSR count). The Kier molecular flexibility index (Phi) is 4.68. The van der Waals surface area contributed by atoms with Crippen molar-refractivity contribution in [3.63, 3.8) is 0 Å². The molecule has 2 N–H and O–H groups in total. The third-order valence-corrected chi connectivity index (χ3v) is 1.96. The van der Waals surface area contributed by atoms with Crippen LogP contribution in [0, 0.1) is 0 Å². The molecule has 88 valence electrons. The summed E-state index contributed by atoms with van der Waals surface area (Å²) in [6, 6.07) is 4.05. The summed E-state index contributed by atoms with van der Waals surface area (Å²) >= 11 is 0. The van der Waals surface area contributed by atoms with E-state index in [9.17, 15) is 9.59 Å². The molecule has 0 aromatic carbocycles. The highest BCUT2D eigenvalue weighted by molar-refractivity contribution is 5.85. The Morgan fingerprint density at radius 2 is 2.12 bits per heavy atom. The molecule has 1 aromatic rings.